The Labute approximate surface area is 151 Å². The zero-order chi connectivity index (χ0) is 18.7. The first kappa shape index (κ1) is 18.3. The summed E-state index contributed by atoms with van der Waals surface area (Å²) >= 11 is 0. The van der Waals surface area contributed by atoms with Gasteiger partial charge in [0.1, 0.15) is 11.6 Å². The van der Waals surface area contributed by atoms with Crippen LogP contribution in [0.3, 0.4) is 0 Å². The molecule has 0 saturated heterocycles. The number of fused-ring (bicyclic) bond motifs is 1. The Hall–Kier alpha value is -2.45. The predicted octanol–water partition coefficient (Wildman–Crippen LogP) is 2.38. The van der Waals surface area contributed by atoms with Crippen LogP contribution in [0.1, 0.15) is 35.3 Å². The molecule has 6 nitrogen and oxygen atoms in total. The van der Waals surface area contributed by atoms with E-state index < -0.39 is 21.7 Å². The number of hydrogen-bond donors (Lipinski definition) is 2. The van der Waals surface area contributed by atoms with E-state index in [-0.39, 0.29) is 23.0 Å². The molecule has 2 aromatic carbocycles. The van der Waals surface area contributed by atoms with Gasteiger partial charge >= 0.3 is 0 Å². The summed E-state index contributed by atoms with van der Waals surface area (Å²) in [5.74, 6) is -0.774. The maximum atomic E-state index is 14.1. The van der Waals surface area contributed by atoms with Gasteiger partial charge in [0.05, 0.1) is 23.1 Å². The summed E-state index contributed by atoms with van der Waals surface area (Å²) in [6.07, 6.45) is 0.541. The van der Waals surface area contributed by atoms with Crippen molar-refractivity contribution in [2.24, 2.45) is 0 Å². The number of carbonyl (C=O) groups is 1. The first-order valence-corrected chi connectivity index (χ1v) is 9.72. The molecular weight excluding hydrogens is 359 g/mol. The fourth-order valence-electron chi connectivity index (χ4n) is 2.85. The van der Waals surface area contributed by atoms with Crippen LogP contribution in [0.2, 0.25) is 0 Å². The van der Waals surface area contributed by atoms with Crippen molar-refractivity contribution in [2.75, 3.05) is 13.2 Å². The molecule has 0 bridgehead atoms. The van der Waals surface area contributed by atoms with Gasteiger partial charge in [-0.3, -0.25) is 4.79 Å². The van der Waals surface area contributed by atoms with Crippen LogP contribution in [0.5, 0.6) is 5.75 Å². The van der Waals surface area contributed by atoms with Crippen LogP contribution in [-0.2, 0) is 10.0 Å². The van der Waals surface area contributed by atoms with Gasteiger partial charge in [-0.1, -0.05) is 25.1 Å². The van der Waals surface area contributed by atoms with Crippen molar-refractivity contribution in [2.45, 2.75) is 24.3 Å². The highest BCUT2D eigenvalue weighted by molar-refractivity contribution is 7.89. The molecule has 138 valence electrons. The predicted molar refractivity (Wildman–Crippen MR) is 94.0 cm³/mol. The standard InChI is InChI=1S/C18H19FN2O4S/c1-2-20-26(23,24)12-7-8-15(19)14(11-12)18(22)21-16-9-10-25-17-6-4-3-5-13(16)17/h3-8,11,16,20H,2,9-10H2,1H3,(H,21,22)/t16-/m1/s1. The molecule has 1 aliphatic rings. The molecule has 0 unspecified atom stereocenters. The van der Waals surface area contributed by atoms with Gasteiger partial charge in [0.15, 0.2) is 0 Å². The van der Waals surface area contributed by atoms with Gasteiger partial charge in [0.2, 0.25) is 10.0 Å². The lowest BCUT2D eigenvalue weighted by Crippen LogP contribution is -2.33. The van der Waals surface area contributed by atoms with Crippen molar-refractivity contribution < 1.29 is 22.3 Å². The Morgan fingerprint density at radius 2 is 2.04 bits per heavy atom. The number of para-hydroxylation sites is 1. The van der Waals surface area contributed by atoms with Crippen LogP contribution >= 0.6 is 0 Å². The Morgan fingerprint density at radius 3 is 2.81 bits per heavy atom. The fourth-order valence-corrected chi connectivity index (χ4v) is 3.91. The van der Waals surface area contributed by atoms with Crippen molar-refractivity contribution >= 4 is 15.9 Å². The minimum absolute atomic E-state index is 0.154. The number of halogens is 1. The summed E-state index contributed by atoms with van der Waals surface area (Å²) < 4.78 is 46.2. The van der Waals surface area contributed by atoms with Crippen LogP contribution in [0, 0.1) is 5.82 Å². The fraction of sp³-hybridized carbons (Fsp3) is 0.278. The Morgan fingerprint density at radius 1 is 1.27 bits per heavy atom. The zero-order valence-electron chi connectivity index (χ0n) is 14.2. The highest BCUT2D eigenvalue weighted by atomic mass is 32.2. The molecule has 0 fully saturated rings. The summed E-state index contributed by atoms with van der Waals surface area (Å²) in [5.41, 5.74) is 0.497. The summed E-state index contributed by atoms with van der Waals surface area (Å²) in [4.78, 5) is 12.4. The summed E-state index contributed by atoms with van der Waals surface area (Å²) in [6.45, 7) is 2.26. The number of benzene rings is 2. The van der Waals surface area contributed by atoms with Crippen molar-refractivity contribution in [1.29, 1.82) is 0 Å². The highest BCUT2D eigenvalue weighted by Crippen LogP contribution is 2.31. The topological polar surface area (TPSA) is 84.5 Å². The molecule has 0 aromatic heterocycles. The largest absolute Gasteiger partial charge is 0.493 e. The second-order valence-electron chi connectivity index (χ2n) is 5.84. The number of carbonyl (C=O) groups excluding carboxylic acids is 1. The monoisotopic (exact) mass is 378 g/mol. The SMILES string of the molecule is CCNS(=O)(=O)c1ccc(F)c(C(=O)N[C@@H]2CCOc3ccccc32)c1. The van der Waals surface area contributed by atoms with Crippen LogP contribution < -0.4 is 14.8 Å². The van der Waals surface area contributed by atoms with Gasteiger partial charge in [-0.15, -0.1) is 0 Å². The normalized spacial score (nSPS) is 16.5. The molecule has 0 radical (unpaired) electrons. The smallest absolute Gasteiger partial charge is 0.254 e. The first-order valence-electron chi connectivity index (χ1n) is 8.24. The maximum absolute atomic E-state index is 14.1. The summed E-state index contributed by atoms with van der Waals surface area (Å²) in [6, 6.07) is 10.1. The highest BCUT2D eigenvalue weighted by Gasteiger charge is 2.25. The van der Waals surface area contributed by atoms with Crippen molar-refractivity contribution in [3.8, 4) is 5.75 Å². The molecule has 1 amide bonds. The van der Waals surface area contributed by atoms with Gasteiger partial charge < -0.3 is 10.1 Å². The minimum atomic E-state index is -3.78. The average Bonchev–Trinajstić information content (AvgIpc) is 2.62. The van der Waals surface area contributed by atoms with E-state index in [0.717, 1.165) is 23.8 Å². The third-order valence-electron chi connectivity index (χ3n) is 4.09. The molecule has 0 aliphatic carbocycles. The number of nitrogens with one attached hydrogen (secondary N) is 2. The van der Waals surface area contributed by atoms with Gasteiger partial charge in [-0.25, -0.2) is 17.5 Å². The van der Waals surface area contributed by atoms with Crippen molar-refractivity contribution in [3.63, 3.8) is 0 Å². The molecule has 2 N–H and O–H groups in total. The number of ether oxygens (including phenoxy) is 1. The number of rotatable bonds is 5. The van der Waals surface area contributed by atoms with Gasteiger partial charge in [-0.05, 0) is 24.3 Å². The van der Waals surface area contributed by atoms with Crippen LogP contribution in [0.25, 0.3) is 0 Å². The second-order valence-corrected chi connectivity index (χ2v) is 7.61. The van der Waals surface area contributed by atoms with Crippen LogP contribution in [-0.4, -0.2) is 27.5 Å². The molecule has 1 aliphatic heterocycles. The molecule has 1 heterocycles. The molecule has 26 heavy (non-hydrogen) atoms. The van der Waals surface area contributed by atoms with Crippen molar-refractivity contribution in [3.05, 3.63) is 59.4 Å². The van der Waals surface area contributed by atoms with Crippen LogP contribution in [0.15, 0.2) is 47.4 Å². The molecule has 8 heteroatoms. The van der Waals surface area contributed by atoms with E-state index in [0.29, 0.717) is 18.8 Å². The number of amides is 1. The molecule has 0 spiro atoms. The molecule has 2 aromatic rings. The maximum Gasteiger partial charge on any atom is 0.254 e. The van der Waals surface area contributed by atoms with E-state index in [1.54, 1.807) is 13.0 Å². The van der Waals surface area contributed by atoms with Gasteiger partial charge in [0.25, 0.3) is 5.91 Å². The third-order valence-corrected chi connectivity index (χ3v) is 5.63. The van der Waals surface area contributed by atoms with Gasteiger partial charge in [0, 0.05) is 18.5 Å². The molecular formula is C18H19FN2O4S. The van der Waals surface area contributed by atoms with Crippen molar-refractivity contribution in [1.82, 2.24) is 10.0 Å². The lowest BCUT2D eigenvalue weighted by Gasteiger charge is -2.26. The Bertz CT molecular complexity index is 931. The van der Waals surface area contributed by atoms with E-state index in [2.05, 4.69) is 10.0 Å². The van der Waals surface area contributed by atoms with E-state index in [4.69, 9.17) is 4.74 Å². The van der Waals surface area contributed by atoms with Gasteiger partial charge in [-0.2, -0.15) is 0 Å². The lowest BCUT2D eigenvalue weighted by molar-refractivity contribution is 0.0920. The zero-order valence-corrected chi connectivity index (χ0v) is 15.0. The summed E-state index contributed by atoms with van der Waals surface area (Å²) in [5, 5.41) is 2.77. The number of hydrogen-bond acceptors (Lipinski definition) is 4. The van der Waals surface area contributed by atoms with E-state index >= 15 is 0 Å². The summed E-state index contributed by atoms with van der Waals surface area (Å²) in [7, 11) is -3.78. The average molecular weight is 378 g/mol. The Balaban J connectivity index is 1.87. The third kappa shape index (κ3) is 3.71. The number of sulfonamides is 1. The van der Waals surface area contributed by atoms with E-state index in [1.165, 1.54) is 0 Å². The lowest BCUT2D eigenvalue weighted by atomic mass is 10.00. The molecule has 0 saturated carbocycles. The Kier molecular flexibility index (Phi) is 5.24. The molecule has 1 atom stereocenters. The van der Waals surface area contributed by atoms with Crippen LogP contribution in [0.4, 0.5) is 4.39 Å². The minimum Gasteiger partial charge on any atom is -0.493 e. The molecule has 3 rings (SSSR count). The first-order chi connectivity index (χ1) is 12.4. The van der Waals surface area contributed by atoms with E-state index in [1.807, 2.05) is 18.2 Å². The quantitative estimate of drug-likeness (QED) is 0.837. The second kappa shape index (κ2) is 7.43. The van der Waals surface area contributed by atoms with E-state index in [9.17, 15) is 17.6 Å².